The van der Waals surface area contributed by atoms with Gasteiger partial charge in [-0.05, 0) is 52.6 Å². The van der Waals surface area contributed by atoms with Crippen LogP contribution in [0.5, 0.6) is 0 Å². The van der Waals surface area contributed by atoms with Crippen LogP contribution in [0, 0.1) is 0 Å². The molecular weight excluding hydrogens is 384 g/mol. The van der Waals surface area contributed by atoms with Crippen molar-refractivity contribution in [2.24, 2.45) is 0 Å². The minimum absolute atomic E-state index is 0.0465. The Balaban J connectivity index is 1.45. The number of amides is 1. The molecule has 1 amide bonds. The monoisotopic (exact) mass is 402 g/mol. The van der Waals surface area contributed by atoms with E-state index in [1.807, 2.05) is 35.6 Å². The quantitative estimate of drug-likeness (QED) is 0.669. The Morgan fingerprint density at radius 3 is 2.92 bits per heavy atom. The van der Waals surface area contributed by atoms with Crippen LogP contribution in [0.2, 0.25) is 5.02 Å². The van der Waals surface area contributed by atoms with Gasteiger partial charge < -0.3 is 5.32 Å². The number of carbonyl (C=O) groups is 1. The maximum Gasteiger partial charge on any atom is 0.234 e. The molecule has 3 heterocycles. The fraction of sp³-hybridized carbons (Fsp3) is 0.250. The van der Waals surface area contributed by atoms with E-state index in [2.05, 4.69) is 39.2 Å². The van der Waals surface area contributed by atoms with Crippen molar-refractivity contribution >= 4 is 40.2 Å². The average Bonchev–Trinajstić information content (AvgIpc) is 3.31. The number of thiophene rings is 2. The Morgan fingerprint density at radius 1 is 1.19 bits per heavy atom. The van der Waals surface area contributed by atoms with E-state index in [4.69, 9.17) is 11.6 Å². The van der Waals surface area contributed by atoms with Crippen LogP contribution in [0.15, 0.2) is 53.2 Å². The number of nitrogens with one attached hydrogen (secondary N) is 1. The number of benzene rings is 1. The summed E-state index contributed by atoms with van der Waals surface area (Å²) in [7, 11) is 0. The Kier molecular flexibility index (Phi) is 5.41. The summed E-state index contributed by atoms with van der Waals surface area (Å²) >= 11 is 9.59. The highest BCUT2D eigenvalue weighted by molar-refractivity contribution is 7.10. The second kappa shape index (κ2) is 7.92. The highest BCUT2D eigenvalue weighted by Gasteiger charge is 2.31. The second-order valence-electron chi connectivity index (χ2n) is 6.34. The summed E-state index contributed by atoms with van der Waals surface area (Å²) in [5.41, 5.74) is 2.37. The molecule has 3 aromatic rings. The van der Waals surface area contributed by atoms with Gasteiger partial charge in [0, 0.05) is 27.9 Å². The largest absolute Gasteiger partial charge is 0.351 e. The third-order valence-corrected chi connectivity index (χ3v) is 6.76. The van der Waals surface area contributed by atoms with Crippen LogP contribution in [-0.4, -0.2) is 23.9 Å². The lowest BCUT2D eigenvalue weighted by atomic mass is 9.98. The normalized spacial score (nSPS) is 17.0. The predicted octanol–water partition coefficient (Wildman–Crippen LogP) is 4.73. The van der Waals surface area contributed by atoms with Crippen molar-refractivity contribution < 1.29 is 4.79 Å². The van der Waals surface area contributed by atoms with Gasteiger partial charge >= 0.3 is 0 Å². The lowest BCUT2D eigenvalue weighted by molar-refractivity contribution is -0.122. The highest BCUT2D eigenvalue weighted by atomic mass is 35.5. The molecule has 1 N–H and O–H groups in total. The molecule has 1 aromatic carbocycles. The number of fused-ring (bicyclic) bond motifs is 1. The molecule has 0 fully saturated rings. The average molecular weight is 403 g/mol. The van der Waals surface area contributed by atoms with Gasteiger partial charge in [0.1, 0.15) is 0 Å². The van der Waals surface area contributed by atoms with Gasteiger partial charge in [-0.15, -0.1) is 22.7 Å². The van der Waals surface area contributed by atoms with Crippen LogP contribution in [0.1, 0.15) is 26.9 Å². The molecule has 0 saturated carbocycles. The van der Waals surface area contributed by atoms with Crippen LogP contribution in [0.4, 0.5) is 0 Å². The van der Waals surface area contributed by atoms with Crippen molar-refractivity contribution in [1.29, 1.82) is 0 Å². The van der Waals surface area contributed by atoms with E-state index in [-0.39, 0.29) is 11.9 Å². The zero-order valence-corrected chi connectivity index (χ0v) is 16.5. The first-order chi connectivity index (χ1) is 12.7. The number of hydrogen-bond donors (Lipinski definition) is 1. The van der Waals surface area contributed by atoms with Gasteiger partial charge in [-0.3, -0.25) is 9.69 Å². The molecule has 2 aromatic heterocycles. The smallest absolute Gasteiger partial charge is 0.234 e. The lowest BCUT2D eigenvalue weighted by Gasteiger charge is -2.34. The molecule has 134 valence electrons. The van der Waals surface area contributed by atoms with E-state index in [0.717, 1.165) is 18.5 Å². The fourth-order valence-electron chi connectivity index (χ4n) is 3.41. The zero-order chi connectivity index (χ0) is 17.9. The molecule has 0 spiro atoms. The molecule has 26 heavy (non-hydrogen) atoms. The van der Waals surface area contributed by atoms with Crippen LogP contribution >= 0.6 is 34.3 Å². The van der Waals surface area contributed by atoms with Gasteiger partial charge in [-0.1, -0.05) is 29.8 Å². The van der Waals surface area contributed by atoms with E-state index < -0.39 is 0 Å². The van der Waals surface area contributed by atoms with Gasteiger partial charge in [0.25, 0.3) is 0 Å². The summed E-state index contributed by atoms with van der Waals surface area (Å²) in [6.45, 7) is 1.81. The highest BCUT2D eigenvalue weighted by Crippen LogP contribution is 2.39. The standard InChI is InChI=1S/C20H19ClN2OS2/c21-15-4-1-3-14(11-15)12-22-19(24)13-23-8-6-17-16(7-10-26-17)20(23)18-5-2-9-25-18/h1-5,7,9-11,20H,6,8,12-13H2,(H,22,24)/t20-/m1/s1. The van der Waals surface area contributed by atoms with Crippen LogP contribution in [-0.2, 0) is 17.8 Å². The van der Waals surface area contributed by atoms with Crippen molar-refractivity contribution in [2.45, 2.75) is 19.0 Å². The Morgan fingerprint density at radius 2 is 2.12 bits per heavy atom. The van der Waals surface area contributed by atoms with E-state index >= 15 is 0 Å². The van der Waals surface area contributed by atoms with Crippen LogP contribution in [0.3, 0.4) is 0 Å². The fourth-order valence-corrected chi connectivity index (χ4v) is 5.40. The Labute approximate surface area is 166 Å². The minimum Gasteiger partial charge on any atom is -0.351 e. The molecule has 1 aliphatic rings. The third-order valence-electron chi connectivity index (χ3n) is 4.60. The van der Waals surface area contributed by atoms with Crippen molar-refractivity contribution in [3.63, 3.8) is 0 Å². The summed E-state index contributed by atoms with van der Waals surface area (Å²) in [5, 5.41) is 7.98. The van der Waals surface area contributed by atoms with E-state index in [1.165, 1.54) is 15.3 Å². The summed E-state index contributed by atoms with van der Waals surface area (Å²) in [4.78, 5) is 17.6. The molecule has 3 nitrogen and oxygen atoms in total. The van der Waals surface area contributed by atoms with Gasteiger partial charge in [-0.25, -0.2) is 0 Å². The summed E-state index contributed by atoms with van der Waals surface area (Å²) in [6.07, 6.45) is 1.01. The number of rotatable bonds is 5. The van der Waals surface area contributed by atoms with E-state index in [1.54, 1.807) is 11.3 Å². The SMILES string of the molecule is O=C(CN1CCc2sccc2[C@@H]1c1cccs1)NCc1cccc(Cl)c1. The second-order valence-corrected chi connectivity index (χ2v) is 8.76. The van der Waals surface area contributed by atoms with Crippen molar-refractivity contribution in [3.8, 4) is 0 Å². The first-order valence-electron chi connectivity index (χ1n) is 8.55. The molecule has 1 atom stereocenters. The topological polar surface area (TPSA) is 32.3 Å². The summed E-state index contributed by atoms with van der Waals surface area (Å²) in [6, 6.07) is 14.2. The third kappa shape index (κ3) is 3.86. The number of nitrogens with zero attached hydrogens (tertiary/aromatic N) is 1. The maximum absolute atomic E-state index is 12.6. The molecule has 4 rings (SSSR count). The number of carbonyl (C=O) groups excluding carboxylic acids is 1. The predicted molar refractivity (Wildman–Crippen MR) is 109 cm³/mol. The lowest BCUT2D eigenvalue weighted by Crippen LogP contribution is -2.42. The number of halogens is 1. The van der Waals surface area contributed by atoms with Crippen molar-refractivity contribution in [1.82, 2.24) is 10.2 Å². The zero-order valence-electron chi connectivity index (χ0n) is 14.2. The Bertz CT molecular complexity index is 891. The molecule has 0 radical (unpaired) electrons. The molecule has 0 unspecified atom stereocenters. The first kappa shape index (κ1) is 17.7. The Hall–Kier alpha value is -1.66. The molecule has 0 bridgehead atoms. The minimum atomic E-state index is 0.0465. The molecular formula is C20H19ClN2OS2. The van der Waals surface area contributed by atoms with Gasteiger partial charge in [-0.2, -0.15) is 0 Å². The summed E-state index contributed by atoms with van der Waals surface area (Å²) in [5.74, 6) is 0.0465. The van der Waals surface area contributed by atoms with Gasteiger partial charge in [0.2, 0.25) is 5.91 Å². The number of hydrogen-bond acceptors (Lipinski definition) is 4. The van der Waals surface area contributed by atoms with Crippen LogP contribution < -0.4 is 5.32 Å². The van der Waals surface area contributed by atoms with Gasteiger partial charge in [0.05, 0.1) is 12.6 Å². The van der Waals surface area contributed by atoms with E-state index in [0.29, 0.717) is 18.1 Å². The summed E-state index contributed by atoms with van der Waals surface area (Å²) < 4.78 is 0. The molecule has 6 heteroatoms. The van der Waals surface area contributed by atoms with Crippen LogP contribution in [0.25, 0.3) is 0 Å². The maximum atomic E-state index is 12.6. The first-order valence-corrected chi connectivity index (χ1v) is 10.7. The van der Waals surface area contributed by atoms with Crippen molar-refractivity contribution in [2.75, 3.05) is 13.1 Å². The van der Waals surface area contributed by atoms with Crippen molar-refractivity contribution in [3.05, 3.63) is 79.1 Å². The molecule has 1 aliphatic heterocycles. The molecule has 0 aliphatic carbocycles. The molecule has 0 saturated heterocycles. The van der Waals surface area contributed by atoms with Gasteiger partial charge in [0.15, 0.2) is 0 Å². The van der Waals surface area contributed by atoms with E-state index in [9.17, 15) is 4.79 Å².